The fraction of sp³-hybridized carbons (Fsp3) is 0.118. The first-order chi connectivity index (χ1) is 12.0. The molecule has 2 aromatic rings. The van der Waals surface area contributed by atoms with Crippen molar-refractivity contribution >= 4 is 28.9 Å². The zero-order valence-electron chi connectivity index (χ0n) is 13.0. The molecule has 2 N–H and O–H groups in total. The molecule has 0 unspecified atom stereocenters. The molecule has 1 aromatic heterocycles. The number of hydrogen-bond acceptors (Lipinski definition) is 6. The van der Waals surface area contributed by atoms with Crippen LogP contribution in [0.3, 0.4) is 0 Å². The summed E-state index contributed by atoms with van der Waals surface area (Å²) in [6.07, 6.45) is 3.17. The van der Waals surface area contributed by atoms with Crippen LogP contribution in [-0.4, -0.2) is 17.3 Å². The maximum atomic E-state index is 12.6. The van der Waals surface area contributed by atoms with E-state index in [0.717, 1.165) is 16.9 Å². The summed E-state index contributed by atoms with van der Waals surface area (Å²) in [6, 6.07) is 7.05. The van der Waals surface area contributed by atoms with E-state index in [1.54, 1.807) is 30.3 Å². The number of nitrogens with zero attached hydrogens (tertiary/aromatic N) is 2. The summed E-state index contributed by atoms with van der Waals surface area (Å²) in [5.74, 6) is 0.358. The Balaban J connectivity index is 2.25. The summed E-state index contributed by atoms with van der Waals surface area (Å²) in [7, 11) is 0. The zero-order chi connectivity index (χ0) is 18.0. The molecule has 3 rings (SSSR count). The molecule has 1 aromatic carbocycles. The second-order valence-corrected chi connectivity index (χ2v) is 6.11. The number of fused-ring (bicyclic) bond motifs is 1. The summed E-state index contributed by atoms with van der Waals surface area (Å²) in [4.78, 5) is 24.1. The maximum Gasteiger partial charge on any atom is 0.269 e. The number of ether oxygens (including phenoxy) is 2. The average molecular weight is 355 g/mol. The topological polar surface area (TPSA) is 107 Å². The average Bonchev–Trinajstić information content (AvgIpc) is 3.15. The zero-order valence-corrected chi connectivity index (χ0v) is 13.8. The van der Waals surface area contributed by atoms with E-state index in [-0.39, 0.29) is 29.1 Å². The van der Waals surface area contributed by atoms with Crippen molar-refractivity contribution in [1.29, 1.82) is 5.26 Å². The van der Waals surface area contributed by atoms with Gasteiger partial charge in [0.2, 0.25) is 6.79 Å². The smallest absolute Gasteiger partial charge is 0.269 e. The van der Waals surface area contributed by atoms with E-state index in [1.165, 1.54) is 10.6 Å². The molecule has 7 nitrogen and oxygen atoms in total. The second kappa shape index (κ2) is 6.67. The molecular formula is C17H13N3O4S. The van der Waals surface area contributed by atoms with Crippen LogP contribution in [0.25, 0.3) is 11.6 Å². The van der Waals surface area contributed by atoms with E-state index in [1.807, 2.05) is 0 Å². The fourth-order valence-corrected chi connectivity index (χ4v) is 3.48. The summed E-state index contributed by atoms with van der Waals surface area (Å²) >= 11 is 1.03. The van der Waals surface area contributed by atoms with Crippen LogP contribution in [0.15, 0.2) is 35.6 Å². The van der Waals surface area contributed by atoms with Crippen molar-refractivity contribution in [3.8, 4) is 17.6 Å². The molecule has 1 aliphatic heterocycles. The lowest BCUT2D eigenvalue weighted by Crippen LogP contribution is -2.33. The molecule has 25 heavy (non-hydrogen) atoms. The van der Waals surface area contributed by atoms with Crippen LogP contribution >= 0.6 is 11.3 Å². The second-order valence-electron chi connectivity index (χ2n) is 5.08. The van der Waals surface area contributed by atoms with Crippen LogP contribution in [0.1, 0.15) is 5.56 Å². The monoisotopic (exact) mass is 355 g/mol. The molecule has 2 heterocycles. The predicted molar refractivity (Wildman–Crippen MR) is 92.4 cm³/mol. The third-order valence-electron chi connectivity index (χ3n) is 3.49. The van der Waals surface area contributed by atoms with Crippen LogP contribution in [-0.2, 0) is 11.3 Å². The molecule has 126 valence electrons. The lowest BCUT2D eigenvalue weighted by Gasteiger charge is -1.97. The number of carbonyl (C=O) groups excluding carboxylic acids is 1. The highest BCUT2D eigenvalue weighted by atomic mass is 32.1. The van der Waals surface area contributed by atoms with Gasteiger partial charge in [-0.1, -0.05) is 12.1 Å². The molecule has 8 heteroatoms. The van der Waals surface area contributed by atoms with Gasteiger partial charge in [-0.15, -0.1) is 17.9 Å². The van der Waals surface area contributed by atoms with E-state index in [0.29, 0.717) is 16.0 Å². The summed E-state index contributed by atoms with van der Waals surface area (Å²) in [5.41, 5.74) is 5.40. The van der Waals surface area contributed by atoms with Crippen LogP contribution in [0.5, 0.6) is 11.5 Å². The predicted octanol–water partition coefficient (Wildman–Crippen LogP) is -0.187. The Morgan fingerprint density at radius 3 is 2.88 bits per heavy atom. The van der Waals surface area contributed by atoms with Crippen molar-refractivity contribution < 1.29 is 14.3 Å². The van der Waals surface area contributed by atoms with Crippen molar-refractivity contribution in [2.24, 2.45) is 5.73 Å². The quantitative estimate of drug-likeness (QED) is 0.765. The van der Waals surface area contributed by atoms with Gasteiger partial charge in [0.15, 0.2) is 17.1 Å². The number of nitrogens with two attached hydrogens (primary N) is 1. The van der Waals surface area contributed by atoms with Gasteiger partial charge >= 0.3 is 0 Å². The summed E-state index contributed by atoms with van der Waals surface area (Å²) in [6.45, 7) is 3.92. The number of allylic oxidation sites excluding steroid dienone is 1. The van der Waals surface area contributed by atoms with E-state index < -0.39 is 5.91 Å². The number of nitriles is 1. The molecule has 0 saturated carbocycles. The van der Waals surface area contributed by atoms with Crippen LogP contribution in [0.4, 0.5) is 0 Å². The maximum absolute atomic E-state index is 12.6. The highest BCUT2D eigenvalue weighted by Gasteiger charge is 2.14. The molecule has 0 fully saturated rings. The number of amides is 1. The molecule has 0 spiro atoms. The van der Waals surface area contributed by atoms with Crippen molar-refractivity contribution in [2.45, 2.75) is 6.54 Å². The minimum Gasteiger partial charge on any atom is -0.454 e. The van der Waals surface area contributed by atoms with E-state index in [4.69, 9.17) is 15.2 Å². The third-order valence-corrected chi connectivity index (χ3v) is 4.62. The molecule has 0 aliphatic carbocycles. The number of carbonyl (C=O) groups is 1. The van der Waals surface area contributed by atoms with Gasteiger partial charge in [-0.2, -0.15) is 5.26 Å². The summed E-state index contributed by atoms with van der Waals surface area (Å²) < 4.78 is 12.5. The molecule has 1 amide bonds. The Hall–Kier alpha value is -3.31. The molecule has 1 aliphatic rings. The van der Waals surface area contributed by atoms with Crippen LogP contribution < -0.4 is 30.0 Å². The van der Waals surface area contributed by atoms with E-state index >= 15 is 0 Å². The highest BCUT2D eigenvalue weighted by Crippen LogP contribution is 2.32. The van der Waals surface area contributed by atoms with Crippen LogP contribution in [0, 0.1) is 11.3 Å². The first-order valence-electron chi connectivity index (χ1n) is 7.21. The van der Waals surface area contributed by atoms with E-state index in [2.05, 4.69) is 6.58 Å². The Morgan fingerprint density at radius 1 is 1.44 bits per heavy atom. The van der Waals surface area contributed by atoms with Gasteiger partial charge in [0.25, 0.3) is 11.5 Å². The van der Waals surface area contributed by atoms with Crippen molar-refractivity contribution in [3.63, 3.8) is 0 Å². The Bertz CT molecular complexity index is 1090. The Kier molecular flexibility index (Phi) is 4.41. The van der Waals surface area contributed by atoms with Gasteiger partial charge < -0.3 is 15.2 Å². The number of rotatable bonds is 4. The normalized spacial score (nSPS) is 14.1. The number of hydrogen-bond donors (Lipinski definition) is 1. The highest BCUT2D eigenvalue weighted by molar-refractivity contribution is 7.07. The minimum absolute atomic E-state index is 0.160. The van der Waals surface area contributed by atoms with Gasteiger partial charge in [-0.3, -0.25) is 14.2 Å². The number of benzene rings is 1. The lowest BCUT2D eigenvalue weighted by molar-refractivity contribution is -0.112. The fourth-order valence-electron chi connectivity index (χ4n) is 2.36. The number of aromatic nitrogens is 1. The van der Waals surface area contributed by atoms with Crippen LogP contribution in [0.2, 0.25) is 0 Å². The third kappa shape index (κ3) is 3.05. The van der Waals surface area contributed by atoms with Gasteiger partial charge in [0.1, 0.15) is 10.7 Å². The Morgan fingerprint density at radius 2 is 2.20 bits per heavy atom. The van der Waals surface area contributed by atoms with Gasteiger partial charge in [-0.05, 0) is 23.8 Å². The Labute approximate surface area is 146 Å². The standard InChI is InChI=1S/C17H13N3O4S/c1-2-5-20-16(22)14(25-17(20)11(8-18)15(19)21)7-10-3-4-12-13(6-10)24-9-23-12/h2-4,6-7H,1,5,9H2,(H2,19,21). The molecule has 0 radical (unpaired) electrons. The van der Waals surface area contributed by atoms with E-state index in [9.17, 15) is 14.9 Å². The van der Waals surface area contributed by atoms with Gasteiger partial charge in [0, 0.05) is 6.54 Å². The molecule has 0 atom stereocenters. The lowest BCUT2D eigenvalue weighted by atomic mass is 10.2. The van der Waals surface area contributed by atoms with Crippen molar-refractivity contribution in [2.75, 3.05) is 6.79 Å². The molecule has 0 saturated heterocycles. The number of thiazole rings is 1. The minimum atomic E-state index is -0.879. The van der Waals surface area contributed by atoms with Gasteiger partial charge in [0.05, 0.1) is 4.53 Å². The first kappa shape index (κ1) is 16.5. The molecular weight excluding hydrogens is 342 g/mol. The number of primary amides is 1. The van der Waals surface area contributed by atoms with Crippen molar-refractivity contribution in [3.05, 3.63) is 56.0 Å². The summed E-state index contributed by atoms with van der Waals surface area (Å²) in [5, 5.41) is 9.18. The molecule has 0 bridgehead atoms. The SMILES string of the molecule is C=CCn1c(=C(C#N)C(N)=O)sc(=Cc2ccc3c(c2)OCO3)c1=O. The van der Waals surface area contributed by atoms with Crippen molar-refractivity contribution in [1.82, 2.24) is 4.57 Å². The first-order valence-corrected chi connectivity index (χ1v) is 8.03. The largest absolute Gasteiger partial charge is 0.454 e. The van der Waals surface area contributed by atoms with Gasteiger partial charge in [-0.25, -0.2) is 0 Å².